The molecule has 0 bridgehead atoms. The Balaban J connectivity index is 2.04. The highest BCUT2D eigenvalue weighted by molar-refractivity contribution is 5.66. The molecule has 0 saturated heterocycles. The molecule has 0 fully saturated rings. The fourth-order valence-corrected chi connectivity index (χ4v) is 1.93. The van der Waals surface area contributed by atoms with Crippen LogP contribution in [0.1, 0.15) is 18.9 Å². The van der Waals surface area contributed by atoms with Crippen LogP contribution in [0.2, 0.25) is 0 Å². The second-order valence-corrected chi connectivity index (χ2v) is 4.81. The number of hydrogen-bond acceptors (Lipinski definition) is 6. The van der Waals surface area contributed by atoms with Crippen molar-refractivity contribution in [3.05, 3.63) is 36.2 Å². The van der Waals surface area contributed by atoms with Gasteiger partial charge >= 0.3 is 0 Å². The molecular formula is C16H22N4O2. The van der Waals surface area contributed by atoms with Crippen molar-refractivity contribution >= 4 is 11.5 Å². The Labute approximate surface area is 130 Å². The zero-order valence-electron chi connectivity index (χ0n) is 13.0. The van der Waals surface area contributed by atoms with E-state index in [2.05, 4.69) is 22.2 Å². The van der Waals surface area contributed by atoms with Crippen molar-refractivity contribution in [3.63, 3.8) is 0 Å². The molecule has 0 radical (unpaired) electrons. The summed E-state index contributed by atoms with van der Waals surface area (Å²) >= 11 is 0. The first kappa shape index (κ1) is 16.0. The van der Waals surface area contributed by atoms with Gasteiger partial charge in [-0.15, -0.1) is 0 Å². The Morgan fingerprint density at radius 2 is 1.95 bits per heavy atom. The zero-order valence-corrected chi connectivity index (χ0v) is 13.0. The van der Waals surface area contributed by atoms with Crippen LogP contribution in [-0.4, -0.2) is 30.2 Å². The zero-order chi connectivity index (χ0) is 15.8. The lowest BCUT2D eigenvalue weighted by atomic mass is 10.2. The maximum absolute atomic E-state index is 6.06. The minimum Gasteiger partial charge on any atom is -0.437 e. The third-order valence-electron chi connectivity index (χ3n) is 3.21. The van der Waals surface area contributed by atoms with Crippen molar-refractivity contribution in [3.8, 4) is 11.6 Å². The molecule has 3 N–H and O–H groups in total. The molecule has 0 spiro atoms. The minimum atomic E-state index is 0.355. The lowest BCUT2D eigenvalue weighted by Gasteiger charge is -2.11. The highest BCUT2D eigenvalue weighted by atomic mass is 16.5. The van der Waals surface area contributed by atoms with Gasteiger partial charge in [0.05, 0.1) is 0 Å². The number of nitrogens with two attached hydrogens (primary N) is 1. The predicted molar refractivity (Wildman–Crippen MR) is 87.3 cm³/mol. The summed E-state index contributed by atoms with van der Waals surface area (Å²) in [4.78, 5) is 8.24. The van der Waals surface area contributed by atoms with Crippen LogP contribution in [0.3, 0.4) is 0 Å². The molecule has 2 aromatic rings. The van der Waals surface area contributed by atoms with Gasteiger partial charge in [0, 0.05) is 20.3 Å². The van der Waals surface area contributed by atoms with Crippen molar-refractivity contribution in [2.45, 2.75) is 19.8 Å². The highest BCUT2D eigenvalue weighted by Gasteiger charge is 2.10. The lowest BCUT2D eigenvalue weighted by Crippen LogP contribution is -2.09. The van der Waals surface area contributed by atoms with E-state index >= 15 is 0 Å². The monoisotopic (exact) mass is 302 g/mol. The number of rotatable bonds is 8. The van der Waals surface area contributed by atoms with Gasteiger partial charge in [0.25, 0.3) is 0 Å². The van der Waals surface area contributed by atoms with Crippen molar-refractivity contribution in [1.82, 2.24) is 9.97 Å². The largest absolute Gasteiger partial charge is 0.437 e. The number of aryl methyl sites for hydroxylation is 1. The standard InChI is InChI=1S/C16H22N4O2/c1-3-12-5-7-13(8-6-12)22-16-14(17)15(19-11-20-16)18-9-4-10-21-2/h5-8,11H,3-4,9-10,17H2,1-2H3,(H,18,19,20). The van der Waals surface area contributed by atoms with E-state index in [1.165, 1.54) is 11.9 Å². The van der Waals surface area contributed by atoms with Crippen LogP contribution in [0.4, 0.5) is 11.5 Å². The van der Waals surface area contributed by atoms with Gasteiger partial charge in [0.1, 0.15) is 17.8 Å². The quantitative estimate of drug-likeness (QED) is 0.730. The van der Waals surface area contributed by atoms with Gasteiger partial charge in [-0.05, 0) is 30.5 Å². The number of methoxy groups -OCH3 is 1. The summed E-state index contributed by atoms with van der Waals surface area (Å²) in [5.41, 5.74) is 7.71. The Bertz CT molecular complexity index is 587. The molecule has 6 heteroatoms. The molecule has 0 saturated carbocycles. The molecule has 2 rings (SSSR count). The molecule has 1 aromatic heterocycles. The molecule has 0 atom stereocenters. The van der Waals surface area contributed by atoms with E-state index in [0.29, 0.717) is 29.7 Å². The van der Waals surface area contributed by atoms with Gasteiger partial charge in [-0.1, -0.05) is 19.1 Å². The minimum absolute atomic E-state index is 0.355. The van der Waals surface area contributed by atoms with E-state index in [-0.39, 0.29) is 0 Å². The summed E-state index contributed by atoms with van der Waals surface area (Å²) in [5, 5.41) is 3.16. The van der Waals surface area contributed by atoms with Crippen LogP contribution in [-0.2, 0) is 11.2 Å². The molecule has 0 unspecified atom stereocenters. The molecule has 0 aliphatic heterocycles. The molecule has 1 aromatic carbocycles. The van der Waals surface area contributed by atoms with E-state index in [9.17, 15) is 0 Å². The Hall–Kier alpha value is -2.34. The topological polar surface area (TPSA) is 82.3 Å². The van der Waals surface area contributed by atoms with Gasteiger partial charge in [-0.2, -0.15) is 4.98 Å². The van der Waals surface area contributed by atoms with Crippen LogP contribution >= 0.6 is 0 Å². The number of hydrogen-bond donors (Lipinski definition) is 2. The summed E-state index contributed by atoms with van der Waals surface area (Å²) in [6, 6.07) is 7.87. The third kappa shape index (κ3) is 4.33. The van der Waals surface area contributed by atoms with Gasteiger partial charge in [0.15, 0.2) is 5.82 Å². The summed E-state index contributed by atoms with van der Waals surface area (Å²) < 4.78 is 10.7. The summed E-state index contributed by atoms with van der Waals surface area (Å²) in [6.07, 6.45) is 3.30. The van der Waals surface area contributed by atoms with Crippen LogP contribution in [0.15, 0.2) is 30.6 Å². The average molecular weight is 302 g/mol. The van der Waals surface area contributed by atoms with Gasteiger partial charge in [0.2, 0.25) is 5.88 Å². The van der Waals surface area contributed by atoms with Crippen LogP contribution in [0.5, 0.6) is 11.6 Å². The van der Waals surface area contributed by atoms with E-state index < -0.39 is 0 Å². The van der Waals surface area contributed by atoms with Crippen molar-refractivity contribution < 1.29 is 9.47 Å². The molecule has 0 aliphatic carbocycles. The Morgan fingerprint density at radius 3 is 2.64 bits per heavy atom. The fourth-order valence-electron chi connectivity index (χ4n) is 1.93. The first-order chi connectivity index (χ1) is 10.7. The molecule has 0 aliphatic rings. The summed E-state index contributed by atoms with van der Waals surface area (Å²) in [6.45, 7) is 3.52. The number of anilines is 2. The number of benzene rings is 1. The van der Waals surface area contributed by atoms with Crippen LogP contribution < -0.4 is 15.8 Å². The molecular weight excluding hydrogens is 280 g/mol. The van der Waals surface area contributed by atoms with Crippen molar-refractivity contribution in [2.24, 2.45) is 0 Å². The van der Waals surface area contributed by atoms with E-state index in [4.69, 9.17) is 15.2 Å². The summed E-state index contributed by atoms with van der Waals surface area (Å²) in [5.74, 6) is 1.63. The maximum atomic E-state index is 6.06. The fraction of sp³-hybridized carbons (Fsp3) is 0.375. The SMILES string of the molecule is CCc1ccc(Oc2ncnc(NCCCOC)c2N)cc1. The second kappa shape index (κ2) is 8.19. The van der Waals surface area contributed by atoms with Crippen molar-refractivity contribution in [1.29, 1.82) is 0 Å². The molecule has 0 amide bonds. The summed E-state index contributed by atoms with van der Waals surface area (Å²) in [7, 11) is 1.68. The van der Waals surface area contributed by atoms with Crippen molar-refractivity contribution in [2.75, 3.05) is 31.3 Å². The van der Waals surface area contributed by atoms with Crippen LogP contribution in [0.25, 0.3) is 0 Å². The van der Waals surface area contributed by atoms with E-state index in [0.717, 1.165) is 19.4 Å². The third-order valence-corrected chi connectivity index (χ3v) is 3.21. The van der Waals surface area contributed by atoms with Crippen LogP contribution in [0, 0.1) is 0 Å². The Morgan fingerprint density at radius 1 is 1.18 bits per heavy atom. The van der Waals surface area contributed by atoms with Gasteiger partial charge < -0.3 is 20.5 Å². The number of nitrogens with zero attached hydrogens (tertiary/aromatic N) is 2. The smallest absolute Gasteiger partial charge is 0.248 e. The predicted octanol–water partition coefficient (Wildman–Crippen LogP) is 2.86. The molecule has 118 valence electrons. The lowest BCUT2D eigenvalue weighted by molar-refractivity contribution is 0.198. The number of nitrogen functional groups attached to an aromatic ring is 1. The normalized spacial score (nSPS) is 10.5. The number of aromatic nitrogens is 2. The Kier molecular flexibility index (Phi) is 5.97. The first-order valence-electron chi connectivity index (χ1n) is 7.34. The van der Waals surface area contributed by atoms with E-state index in [1.807, 2.05) is 24.3 Å². The number of ether oxygens (including phenoxy) is 2. The number of nitrogens with one attached hydrogen (secondary N) is 1. The maximum Gasteiger partial charge on any atom is 0.248 e. The van der Waals surface area contributed by atoms with Gasteiger partial charge in [-0.25, -0.2) is 4.98 Å². The average Bonchev–Trinajstić information content (AvgIpc) is 2.55. The van der Waals surface area contributed by atoms with Gasteiger partial charge in [-0.3, -0.25) is 0 Å². The second-order valence-electron chi connectivity index (χ2n) is 4.81. The molecule has 1 heterocycles. The first-order valence-corrected chi connectivity index (χ1v) is 7.34. The molecule has 22 heavy (non-hydrogen) atoms. The molecule has 6 nitrogen and oxygen atoms in total. The highest BCUT2D eigenvalue weighted by Crippen LogP contribution is 2.29. The van der Waals surface area contributed by atoms with E-state index in [1.54, 1.807) is 7.11 Å².